The number of hydrogen-bond donors (Lipinski definition) is 4. The molecule has 0 spiro atoms. The Bertz CT molecular complexity index is 2730. The topological polar surface area (TPSA) is 195 Å². The average molecular weight is 911 g/mol. The number of aromatic nitrogens is 2. The fourth-order valence-electron chi connectivity index (χ4n) is 9.01. The Balaban J connectivity index is 0.931. The molecule has 3 aromatic carbocycles. The van der Waals surface area contributed by atoms with Crippen LogP contribution in [0.15, 0.2) is 89.6 Å². The summed E-state index contributed by atoms with van der Waals surface area (Å²) in [6.07, 6.45) is 6.69. The third kappa shape index (κ3) is 9.54. The number of likely N-dealkylation sites (tertiary alicyclic amines) is 1. The van der Waals surface area contributed by atoms with Crippen molar-refractivity contribution in [2.75, 3.05) is 69.2 Å². The Hall–Kier alpha value is -5.72. The molecule has 64 heavy (non-hydrogen) atoms. The van der Waals surface area contributed by atoms with Gasteiger partial charge in [-0.2, -0.15) is 0 Å². The lowest BCUT2D eigenvalue weighted by molar-refractivity contribution is -0.384. The van der Waals surface area contributed by atoms with E-state index >= 15 is 0 Å². The molecule has 18 heteroatoms. The molecule has 4 N–H and O–H groups in total. The summed E-state index contributed by atoms with van der Waals surface area (Å²) in [7, 11) is -4.66. The van der Waals surface area contributed by atoms with Gasteiger partial charge in [-0.1, -0.05) is 43.2 Å². The van der Waals surface area contributed by atoms with Gasteiger partial charge in [-0.15, -0.1) is 0 Å². The van der Waals surface area contributed by atoms with Crippen LogP contribution in [0, 0.1) is 15.5 Å². The number of benzene rings is 3. The van der Waals surface area contributed by atoms with Gasteiger partial charge in [0.2, 0.25) is 0 Å². The lowest BCUT2D eigenvalue weighted by Crippen LogP contribution is -2.51. The van der Waals surface area contributed by atoms with E-state index in [1.54, 1.807) is 24.4 Å². The highest BCUT2D eigenvalue weighted by atomic mass is 35.5. The quantitative estimate of drug-likeness (QED) is 0.0693. The number of piperazine rings is 1. The number of pyridine rings is 1. The van der Waals surface area contributed by atoms with E-state index in [-0.39, 0.29) is 46.9 Å². The number of amides is 1. The Morgan fingerprint density at radius 2 is 1.84 bits per heavy atom. The van der Waals surface area contributed by atoms with Crippen molar-refractivity contribution in [3.05, 3.63) is 111 Å². The van der Waals surface area contributed by atoms with Gasteiger partial charge >= 0.3 is 0 Å². The molecule has 5 aromatic rings. The maximum absolute atomic E-state index is 14.0. The van der Waals surface area contributed by atoms with Crippen LogP contribution >= 0.6 is 11.6 Å². The summed E-state index contributed by atoms with van der Waals surface area (Å²) in [6.45, 7) is 10.5. The number of hydrogen-bond acceptors (Lipinski definition) is 13. The molecule has 16 nitrogen and oxygen atoms in total. The van der Waals surface area contributed by atoms with Crippen LogP contribution in [0.1, 0.15) is 55.5 Å². The zero-order valence-corrected chi connectivity index (χ0v) is 37.3. The summed E-state index contributed by atoms with van der Waals surface area (Å²) < 4.78 is 42.1. The number of rotatable bonds is 13. The van der Waals surface area contributed by atoms with Crippen LogP contribution in [0.25, 0.3) is 16.6 Å². The highest BCUT2D eigenvalue weighted by molar-refractivity contribution is 7.90. The average Bonchev–Trinajstić information content (AvgIpc) is 3.73. The first-order valence-electron chi connectivity index (χ1n) is 21.5. The monoisotopic (exact) mass is 910 g/mol. The van der Waals surface area contributed by atoms with Crippen LogP contribution in [0.4, 0.5) is 17.1 Å². The standard InChI is InChI=1S/C46H51ClN8O8S/c1-46(2)12-9-31(39(23-46)29-3-5-32(47)6-4-29)25-52-15-17-54(18-16-52)34-7-8-38(41(20-34)63-36-19-30-10-13-48-44(30)49-24-36)45(57)51-64(60,61)37-21-40(55(58)59)43-42(22-37)62-28-33(50-43)11-14-53-26-35(56)27-53/h3-8,10,13,19-22,24,33,35,50,56H,9,11-12,14-18,23,25-28H2,1-2H3,(H,48,49)(H,51,57)/t33-/m0/s1. The molecule has 0 radical (unpaired) electrons. The minimum atomic E-state index is -4.66. The molecule has 1 atom stereocenters. The third-order valence-corrected chi connectivity index (χ3v) is 14.2. The molecule has 0 unspecified atom stereocenters. The second kappa shape index (κ2) is 17.7. The second-order valence-corrected chi connectivity index (χ2v) is 20.0. The van der Waals surface area contributed by atoms with E-state index in [4.69, 9.17) is 21.1 Å². The van der Waals surface area contributed by atoms with Gasteiger partial charge in [0.25, 0.3) is 21.6 Å². The number of carbonyl (C=O) groups excluding carboxylic acids is 1. The number of halogens is 1. The lowest BCUT2D eigenvalue weighted by Gasteiger charge is -2.39. The van der Waals surface area contributed by atoms with Crippen molar-refractivity contribution in [3.63, 3.8) is 0 Å². The number of ether oxygens (including phenoxy) is 2. The van der Waals surface area contributed by atoms with Crippen molar-refractivity contribution in [2.45, 2.75) is 56.6 Å². The van der Waals surface area contributed by atoms with E-state index < -0.39 is 31.4 Å². The largest absolute Gasteiger partial charge is 0.489 e. The molecule has 5 heterocycles. The van der Waals surface area contributed by atoms with Gasteiger partial charge in [-0.3, -0.25) is 24.7 Å². The van der Waals surface area contributed by atoms with Gasteiger partial charge in [0.15, 0.2) is 11.4 Å². The van der Waals surface area contributed by atoms with Crippen LogP contribution in [-0.4, -0.2) is 115 Å². The van der Waals surface area contributed by atoms with Crippen LogP contribution in [0.3, 0.4) is 0 Å². The van der Waals surface area contributed by atoms with Gasteiger partial charge in [-0.25, -0.2) is 18.1 Å². The molecule has 0 bridgehead atoms. The maximum Gasteiger partial charge on any atom is 0.297 e. The van der Waals surface area contributed by atoms with E-state index in [1.807, 2.05) is 18.2 Å². The third-order valence-electron chi connectivity index (χ3n) is 12.7. The first-order valence-corrected chi connectivity index (χ1v) is 23.4. The minimum absolute atomic E-state index is 0.0137. The number of sulfonamides is 1. The molecule has 4 aliphatic rings. The van der Waals surface area contributed by atoms with E-state index in [9.17, 15) is 28.4 Å². The van der Waals surface area contributed by atoms with Gasteiger partial charge in [-0.05, 0) is 78.6 Å². The van der Waals surface area contributed by atoms with Crippen LogP contribution < -0.4 is 24.4 Å². The first kappa shape index (κ1) is 43.5. The predicted octanol–water partition coefficient (Wildman–Crippen LogP) is 7.06. The van der Waals surface area contributed by atoms with Crippen molar-refractivity contribution in [1.82, 2.24) is 24.5 Å². The summed E-state index contributed by atoms with van der Waals surface area (Å²) in [6, 6.07) is 18.6. The Morgan fingerprint density at radius 1 is 1.06 bits per heavy atom. The number of aromatic amines is 1. The number of fused-ring (bicyclic) bond motifs is 2. The summed E-state index contributed by atoms with van der Waals surface area (Å²) >= 11 is 6.24. The second-order valence-electron chi connectivity index (χ2n) is 17.9. The van der Waals surface area contributed by atoms with E-state index in [1.165, 1.54) is 35.0 Å². The molecule has 2 saturated heterocycles. The first-order chi connectivity index (χ1) is 30.7. The number of nitro benzene ring substituents is 1. The van der Waals surface area contributed by atoms with E-state index in [0.717, 1.165) is 61.1 Å². The van der Waals surface area contributed by atoms with Crippen molar-refractivity contribution < 1.29 is 32.7 Å². The zero-order chi connectivity index (χ0) is 44.8. The van der Waals surface area contributed by atoms with Gasteiger partial charge < -0.3 is 29.8 Å². The number of anilines is 2. The molecular weight excluding hydrogens is 860 g/mol. The predicted molar refractivity (Wildman–Crippen MR) is 245 cm³/mol. The number of nitrogens with zero attached hydrogens (tertiary/aromatic N) is 5. The van der Waals surface area contributed by atoms with Gasteiger partial charge in [0.05, 0.1) is 33.7 Å². The molecule has 3 aliphatic heterocycles. The van der Waals surface area contributed by atoms with Crippen molar-refractivity contribution >= 4 is 61.2 Å². The van der Waals surface area contributed by atoms with Crippen LogP contribution in [0.5, 0.6) is 17.2 Å². The number of nitro groups is 1. The lowest BCUT2D eigenvalue weighted by atomic mass is 9.72. The Labute approximate surface area is 376 Å². The van der Waals surface area contributed by atoms with Crippen molar-refractivity contribution in [1.29, 1.82) is 0 Å². The normalized spacial score (nSPS) is 19.4. The molecule has 1 amide bonds. The highest BCUT2D eigenvalue weighted by Gasteiger charge is 2.34. The fourth-order valence-corrected chi connectivity index (χ4v) is 10.1. The number of allylic oxidation sites excluding steroid dienone is 1. The maximum atomic E-state index is 14.0. The number of nitrogens with one attached hydrogen (secondary N) is 3. The van der Waals surface area contributed by atoms with Gasteiger partial charge in [0, 0.05) is 92.9 Å². The molecule has 0 saturated carbocycles. The summed E-state index contributed by atoms with van der Waals surface area (Å²) in [5, 5.41) is 26.5. The van der Waals surface area contributed by atoms with E-state index in [0.29, 0.717) is 50.5 Å². The number of aliphatic hydroxyl groups excluding tert-OH is 1. The molecule has 2 fully saturated rings. The van der Waals surface area contributed by atoms with Crippen molar-refractivity contribution in [2.24, 2.45) is 5.41 Å². The fraction of sp³-hybridized carbons (Fsp3) is 0.391. The summed E-state index contributed by atoms with van der Waals surface area (Å²) in [5.41, 5.74) is 5.24. The smallest absolute Gasteiger partial charge is 0.297 e. The Kier molecular flexibility index (Phi) is 12.0. The van der Waals surface area contributed by atoms with Crippen molar-refractivity contribution in [3.8, 4) is 17.2 Å². The van der Waals surface area contributed by atoms with E-state index in [2.05, 4.69) is 60.7 Å². The molecule has 2 aromatic heterocycles. The summed E-state index contributed by atoms with van der Waals surface area (Å²) in [4.78, 5) is 39.3. The molecule has 1 aliphatic carbocycles. The molecule has 9 rings (SSSR count). The SMILES string of the molecule is CC1(C)CCC(CN2CCN(c3ccc(C(=O)NS(=O)(=O)c4cc5c(c([N+](=O)[O-])c4)N[C@@H](CCN4CC(O)C4)CO5)c(Oc4cnc5[nH]ccc5c4)c3)CC2)=C(c2ccc(Cl)cc2)C1. The number of carbonyl (C=O) groups is 1. The molecular formula is C46H51ClN8O8S. The highest BCUT2D eigenvalue weighted by Crippen LogP contribution is 2.44. The van der Waals surface area contributed by atoms with Crippen LogP contribution in [0.2, 0.25) is 5.02 Å². The van der Waals surface area contributed by atoms with Crippen LogP contribution in [-0.2, 0) is 10.0 Å². The van der Waals surface area contributed by atoms with Gasteiger partial charge in [0.1, 0.15) is 23.8 Å². The number of β-amino-alcohol motifs (C(OH)–C–C–N with tert-alkyl or cyclic N) is 1. The Morgan fingerprint density at radius 3 is 2.59 bits per heavy atom. The minimum Gasteiger partial charge on any atom is -0.489 e. The number of H-pyrrole nitrogens is 1. The summed E-state index contributed by atoms with van der Waals surface area (Å²) in [5.74, 6) is -0.560. The molecule has 336 valence electrons. The zero-order valence-electron chi connectivity index (χ0n) is 35.7. The number of aliphatic hydroxyl groups is 1.